The standard InChI is InChI=1S/C11H6Br4O/c12-6-1-2-8(13)7(5-6)11(15)9-3-4-10(14)16-9/h1-5,11H. The molecule has 1 nitrogen and oxygen atoms in total. The summed E-state index contributed by atoms with van der Waals surface area (Å²) < 4.78 is 8.35. The van der Waals surface area contributed by atoms with Crippen LogP contribution < -0.4 is 0 Å². The lowest BCUT2D eigenvalue weighted by atomic mass is 10.1. The summed E-state index contributed by atoms with van der Waals surface area (Å²) in [5, 5.41) is 0. The molecule has 0 aliphatic heterocycles. The summed E-state index contributed by atoms with van der Waals surface area (Å²) in [4.78, 5) is 0.0330. The first kappa shape index (κ1) is 12.9. The van der Waals surface area contributed by atoms with Crippen LogP contribution in [0.3, 0.4) is 0 Å². The Labute approximate surface area is 127 Å². The van der Waals surface area contributed by atoms with Crippen LogP contribution in [0.15, 0.2) is 48.4 Å². The summed E-state index contributed by atoms with van der Waals surface area (Å²) in [6, 6.07) is 9.88. The minimum absolute atomic E-state index is 0.0330. The molecule has 0 aliphatic carbocycles. The number of alkyl halides is 1. The summed E-state index contributed by atoms with van der Waals surface area (Å²) in [6.45, 7) is 0. The molecular weight excluding hydrogens is 468 g/mol. The number of hydrogen-bond acceptors (Lipinski definition) is 1. The van der Waals surface area contributed by atoms with Gasteiger partial charge in [0.15, 0.2) is 4.67 Å². The van der Waals surface area contributed by atoms with Crippen LogP contribution in [0.2, 0.25) is 0 Å². The van der Waals surface area contributed by atoms with Crippen molar-refractivity contribution in [3.05, 3.63) is 55.3 Å². The van der Waals surface area contributed by atoms with E-state index in [0.717, 1.165) is 24.9 Å². The maximum Gasteiger partial charge on any atom is 0.169 e. The highest BCUT2D eigenvalue weighted by Crippen LogP contribution is 2.38. The van der Waals surface area contributed by atoms with E-state index in [0.29, 0.717) is 0 Å². The Balaban J connectivity index is 2.40. The molecule has 2 rings (SSSR count). The predicted molar refractivity (Wildman–Crippen MR) is 79.0 cm³/mol. The van der Waals surface area contributed by atoms with Gasteiger partial charge in [0.25, 0.3) is 0 Å². The first-order valence-corrected chi connectivity index (χ1v) is 7.71. The van der Waals surface area contributed by atoms with Crippen molar-refractivity contribution in [2.75, 3.05) is 0 Å². The van der Waals surface area contributed by atoms with Gasteiger partial charge in [0.1, 0.15) is 5.76 Å². The fourth-order valence-corrected chi connectivity index (χ4v) is 3.43. The van der Waals surface area contributed by atoms with E-state index in [1.807, 2.05) is 24.3 Å². The van der Waals surface area contributed by atoms with E-state index in [9.17, 15) is 0 Å². The smallest absolute Gasteiger partial charge is 0.169 e. The van der Waals surface area contributed by atoms with E-state index < -0.39 is 0 Å². The average Bonchev–Trinajstić information content (AvgIpc) is 2.67. The molecule has 84 valence electrons. The van der Waals surface area contributed by atoms with Crippen molar-refractivity contribution in [2.45, 2.75) is 4.83 Å². The zero-order valence-corrected chi connectivity index (χ0v) is 14.2. The van der Waals surface area contributed by atoms with Crippen molar-refractivity contribution in [3.8, 4) is 0 Å². The van der Waals surface area contributed by atoms with Gasteiger partial charge in [0.05, 0.1) is 4.83 Å². The van der Waals surface area contributed by atoms with E-state index in [1.165, 1.54) is 0 Å². The predicted octanol–water partition coefficient (Wildman–Crippen LogP) is 6.05. The lowest BCUT2D eigenvalue weighted by Gasteiger charge is -2.10. The third-order valence-corrected chi connectivity index (χ3v) is 4.66. The second-order valence-electron chi connectivity index (χ2n) is 3.17. The third-order valence-electron chi connectivity index (χ3n) is 2.07. The van der Waals surface area contributed by atoms with Crippen LogP contribution in [0, 0.1) is 0 Å². The summed E-state index contributed by atoms with van der Waals surface area (Å²) in [5.74, 6) is 0.866. The van der Waals surface area contributed by atoms with E-state index in [1.54, 1.807) is 0 Å². The molecule has 0 saturated carbocycles. The summed E-state index contributed by atoms with van der Waals surface area (Å²) in [7, 11) is 0. The highest BCUT2D eigenvalue weighted by Gasteiger charge is 2.17. The van der Waals surface area contributed by atoms with Crippen LogP contribution in [-0.4, -0.2) is 0 Å². The van der Waals surface area contributed by atoms with Crippen LogP contribution >= 0.6 is 63.7 Å². The van der Waals surface area contributed by atoms with Gasteiger partial charge in [-0.25, -0.2) is 0 Å². The van der Waals surface area contributed by atoms with Gasteiger partial charge >= 0.3 is 0 Å². The molecule has 0 aliphatic rings. The second-order valence-corrected chi connectivity index (χ2v) is 6.64. The van der Waals surface area contributed by atoms with Crippen molar-refractivity contribution < 1.29 is 4.42 Å². The molecule has 5 heteroatoms. The molecule has 0 bridgehead atoms. The first-order chi connectivity index (χ1) is 7.58. The van der Waals surface area contributed by atoms with Gasteiger partial charge in [-0.1, -0.05) is 47.8 Å². The normalized spacial score (nSPS) is 12.8. The molecule has 0 radical (unpaired) electrons. The van der Waals surface area contributed by atoms with Crippen LogP contribution in [0.1, 0.15) is 16.2 Å². The maximum atomic E-state index is 5.53. The number of halogens is 4. The van der Waals surface area contributed by atoms with Crippen molar-refractivity contribution in [1.29, 1.82) is 0 Å². The van der Waals surface area contributed by atoms with Gasteiger partial charge < -0.3 is 4.42 Å². The maximum absolute atomic E-state index is 5.53. The number of rotatable bonds is 2. The molecule has 16 heavy (non-hydrogen) atoms. The molecule has 1 atom stereocenters. The third kappa shape index (κ3) is 2.81. The largest absolute Gasteiger partial charge is 0.453 e. The quantitative estimate of drug-likeness (QED) is 0.484. The highest BCUT2D eigenvalue weighted by atomic mass is 79.9. The Morgan fingerprint density at radius 2 is 1.75 bits per heavy atom. The van der Waals surface area contributed by atoms with E-state index in [4.69, 9.17) is 4.42 Å². The van der Waals surface area contributed by atoms with Crippen LogP contribution in [0.4, 0.5) is 0 Å². The Bertz CT molecular complexity index is 506. The van der Waals surface area contributed by atoms with Crippen LogP contribution in [-0.2, 0) is 0 Å². The van der Waals surface area contributed by atoms with Gasteiger partial charge in [0, 0.05) is 8.95 Å². The van der Waals surface area contributed by atoms with Crippen LogP contribution in [0.5, 0.6) is 0 Å². The topological polar surface area (TPSA) is 13.1 Å². The Kier molecular flexibility index (Phi) is 4.32. The van der Waals surface area contributed by atoms with Crippen molar-refractivity contribution in [1.82, 2.24) is 0 Å². The second kappa shape index (κ2) is 5.38. The Morgan fingerprint density at radius 1 is 1.00 bits per heavy atom. The van der Waals surface area contributed by atoms with Crippen molar-refractivity contribution in [3.63, 3.8) is 0 Å². The number of benzene rings is 1. The minimum Gasteiger partial charge on any atom is -0.453 e. The van der Waals surface area contributed by atoms with Gasteiger partial charge in [-0.15, -0.1) is 0 Å². The zero-order valence-electron chi connectivity index (χ0n) is 7.88. The molecule has 2 aromatic rings. The Hall–Kier alpha value is 0.420. The fraction of sp³-hybridized carbons (Fsp3) is 0.0909. The van der Waals surface area contributed by atoms with Gasteiger partial charge in [-0.05, 0) is 51.8 Å². The molecular formula is C11H6Br4O. The van der Waals surface area contributed by atoms with Gasteiger partial charge in [0.2, 0.25) is 0 Å². The molecule has 0 N–H and O–H groups in total. The zero-order chi connectivity index (χ0) is 11.7. The van der Waals surface area contributed by atoms with Crippen LogP contribution in [0.25, 0.3) is 0 Å². The molecule has 1 aromatic carbocycles. The van der Waals surface area contributed by atoms with Crippen molar-refractivity contribution in [2.24, 2.45) is 0 Å². The molecule has 0 saturated heterocycles. The SMILES string of the molecule is Brc1ccc(Br)c(C(Br)c2ccc(Br)o2)c1. The summed E-state index contributed by atoms with van der Waals surface area (Å²) >= 11 is 13.9. The first-order valence-electron chi connectivity index (χ1n) is 4.42. The Morgan fingerprint density at radius 3 is 2.38 bits per heavy atom. The molecule has 1 heterocycles. The summed E-state index contributed by atoms with van der Waals surface area (Å²) in [5.41, 5.74) is 1.12. The molecule has 1 aromatic heterocycles. The fourth-order valence-electron chi connectivity index (χ4n) is 1.33. The van der Waals surface area contributed by atoms with Gasteiger partial charge in [-0.2, -0.15) is 0 Å². The van der Waals surface area contributed by atoms with Crippen molar-refractivity contribution >= 4 is 63.7 Å². The number of hydrogen-bond donors (Lipinski definition) is 0. The lowest BCUT2D eigenvalue weighted by Crippen LogP contribution is -1.92. The highest BCUT2D eigenvalue weighted by molar-refractivity contribution is 9.11. The summed E-state index contributed by atoms with van der Waals surface area (Å²) in [6.07, 6.45) is 0. The van der Waals surface area contributed by atoms with Gasteiger partial charge in [-0.3, -0.25) is 0 Å². The van der Waals surface area contributed by atoms with E-state index >= 15 is 0 Å². The molecule has 1 unspecified atom stereocenters. The van der Waals surface area contributed by atoms with E-state index in [2.05, 4.69) is 69.8 Å². The lowest BCUT2D eigenvalue weighted by molar-refractivity contribution is 0.497. The number of furan rings is 1. The molecule has 0 amide bonds. The molecule has 0 fully saturated rings. The minimum atomic E-state index is 0.0330. The van der Waals surface area contributed by atoms with E-state index in [-0.39, 0.29) is 4.83 Å². The average molecular weight is 474 g/mol. The molecule has 0 spiro atoms. The monoisotopic (exact) mass is 470 g/mol.